The number of amides is 1. The highest BCUT2D eigenvalue weighted by Gasteiger charge is 2.30. The van der Waals surface area contributed by atoms with E-state index in [4.69, 9.17) is 4.74 Å². The van der Waals surface area contributed by atoms with Gasteiger partial charge in [0.15, 0.2) is 5.69 Å². The number of hydrogen-bond acceptors (Lipinski definition) is 4. The highest BCUT2D eigenvalue weighted by molar-refractivity contribution is 6.07. The number of aryl methyl sites for hydroxylation is 1. The molecule has 1 amide bonds. The van der Waals surface area contributed by atoms with Crippen molar-refractivity contribution in [3.63, 3.8) is 0 Å². The monoisotopic (exact) mass is 352 g/mol. The number of anilines is 2. The summed E-state index contributed by atoms with van der Waals surface area (Å²) < 4.78 is 5.44. The van der Waals surface area contributed by atoms with Gasteiger partial charge < -0.3 is 14.5 Å². The van der Waals surface area contributed by atoms with Crippen LogP contribution in [0.15, 0.2) is 18.2 Å². The molecule has 0 unspecified atom stereocenters. The third-order valence-electron chi connectivity index (χ3n) is 5.84. The molecule has 0 saturated carbocycles. The first-order valence-corrected chi connectivity index (χ1v) is 9.65. The average molecular weight is 352 g/mol. The number of morpholine rings is 1. The van der Waals surface area contributed by atoms with Gasteiger partial charge in [0.25, 0.3) is 5.91 Å². The van der Waals surface area contributed by atoms with E-state index < -0.39 is 0 Å². The topological polar surface area (TPSA) is 61.5 Å². The molecule has 1 aromatic carbocycles. The molecular formula is C20H24N4O2. The number of carbonyl (C=O) groups is 1. The fourth-order valence-corrected chi connectivity index (χ4v) is 4.40. The van der Waals surface area contributed by atoms with Gasteiger partial charge in [-0.3, -0.25) is 9.89 Å². The summed E-state index contributed by atoms with van der Waals surface area (Å²) in [5, 5.41) is 7.46. The minimum atomic E-state index is 0.0438. The molecule has 6 nitrogen and oxygen atoms in total. The highest BCUT2D eigenvalue weighted by Crippen LogP contribution is 2.34. The number of aromatic amines is 1. The molecule has 3 heterocycles. The van der Waals surface area contributed by atoms with Crippen LogP contribution in [0.2, 0.25) is 0 Å². The second kappa shape index (κ2) is 6.43. The van der Waals surface area contributed by atoms with Gasteiger partial charge in [0.05, 0.1) is 13.2 Å². The van der Waals surface area contributed by atoms with E-state index in [9.17, 15) is 4.79 Å². The van der Waals surface area contributed by atoms with Crippen LogP contribution in [0.1, 0.15) is 40.2 Å². The maximum absolute atomic E-state index is 13.1. The van der Waals surface area contributed by atoms with Gasteiger partial charge in [-0.25, -0.2) is 0 Å². The van der Waals surface area contributed by atoms with Crippen LogP contribution in [0.5, 0.6) is 0 Å². The summed E-state index contributed by atoms with van der Waals surface area (Å²) in [5.41, 5.74) is 6.45. The van der Waals surface area contributed by atoms with E-state index in [1.54, 1.807) is 0 Å². The number of H-pyrrole nitrogens is 1. The van der Waals surface area contributed by atoms with Gasteiger partial charge in [0.2, 0.25) is 0 Å². The maximum atomic E-state index is 13.1. The molecule has 26 heavy (non-hydrogen) atoms. The lowest BCUT2D eigenvalue weighted by atomic mass is 9.95. The Bertz CT molecular complexity index is 838. The smallest absolute Gasteiger partial charge is 0.279 e. The van der Waals surface area contributed by atoms with Crippen molar-refractivity contribution >= 4 is 17.3 Å². The first kappa shape index (κ1) is 15.9. The average Bonchev–Trinajstić information content (AvgIpc) is 3.32. The van der Waals surface area contributed by atoms with Crippen LogP contribution < -0.4 is 9.80 Å². The number of benzene rings is 1. The molecule has 1 aliphatic carbocycles. The van der Waals surface area contributed by atoms with Crippen molar-refractivity contribution in [1.82, 2.24) is 10.2 Å². The van der Waals surface area contributed by atoms with Crippen molar-refractivity contribution in [2.75, 3.05) is 42.6 Å². The number of rotatable bonds is 2. The van der Waals surface area contributed by atoms with Gasteiger partial charge in [-0.2, -0.15) is 5.10 Å². The Morgan fingerprint density at radius 2 is 1.92 bits per heavy atom. The van der Waals surface area contributed by atoms with E-state index in [0.717, 1.165) is 75.5 Å². The predicted molar refractivity (Wildman–Crippen MR) is 100 cm³/mol. The number of hydrogen-bond donors (Lipinski definition) is 1. The van der Waals surface area contributed by atoms with E-state index in [2.05, 4.69) is 33.3 Å². The Hall–Kier alpha value is -2.34. The lowest BCUT2D eigenvalue weighted by Gasteiger charge is -2.29. The largest absolute Gasteiger partial charge is 0.378 e. The van der Waals surface area contributed by atoms with Crippen molar-refractivity contribution in [2.24, 2.45) is 0 Å². The van der Waals surface area contributed by atoms with Gasteiger partial charge in [0, 0.05) is 42.3 Å². The van der Waals surface area contributed by atoms with Gasteiger partial charge in [-0.05, 0) is 55.9 Å². The fourth-order valence-electron chi connectivity index (χ4n) is 4.40. The van der Waals surface area contributed by atoms with Crippen LogP contribution in [-0.4, -0.2) is 49.0 Å². The molecule has 2 aromatic rings. The Morgan fingerprint density at radius 3 is 2.81 bits per heavy atom. The molecular weight excluding hydrogens is 328 g/mol. The second-order valence-corrected chi connectivity index (χ2v) is 7.36. The molecule has 5 rings (SSSR count). The first-order chi connectivity index (χ1) is 12.8. The summed E-state index contributed by atoms with van der Waals surface area (Å²) in [6, 6.07) is 6.48. The number of aromatic nitrogens is 2. The molecule has 1 N–H and O–H groups in total. The molecule has 1 saturated heterocycles. The number of carbonyl (C=O) groups excluding carboxylic acids is 1. The van der Waals surface area contributed by atoms with Gasteiger partial charge in [-0.15, -0.1) is 0 Å². The molecule has 1 aromatic heterocycles. The molecule has 0 radical (unpaired) electrons. The molecule has 6 heteroatoms. The van der Waals surface area contributed by atoms with Crippen molar-refractivity contribution in [2.45, 2.75) is 32.1 Å². The van der Waals surface area contributed by atoms with Crippen molar-refractivity contribution < 1.29 is 9.53 Å². The Kier molecular flexibility index (Phi) is 3.93. The van der Waals surface area contributed by atoms with Gasteiger partial charge in [0.1, 0.15) is 0 Å². The van der Waals surface area contributed by atoms with Gasteiger partial charge >= 0.3 is 0 Å². The van der Waals surface area contributed by atoms with Crippen molar-refractivity contribution in [3.05, 3.63) is 40.7 Å². The molecule has 136 valence electrons. The summed E-state index contributed by atoms with van der Waals surface area (Å²) in [5.74, 6) is 0.0438. The molecule has 0 spiro atoms. The zero-order valence-electron chi connectivity index (χ0n) is 15.0. The summed E-state index contributed by atoms with van der Waals surface area (Å²) in [6.07, 6.45) is 5.20. The maximum Gasteiger partial charge on any atom is 0.279 e. The normalized spacial score (nSPS) is 19.4. The SMILES string of the molecule is O=C(c1n[nH]c2c1CCCC2)N1CCc2cc(N3CCOCC3)ccc21. The molecule has 3 aliphatic rings. The first-order valence-electron chi connectivity index (χ1n) is 9.65. The molecule has 0 atom stereocenters. The van der Waals surface area contributed by atoms with Crippen LogP contribution in [0.3, 0.4) is 0 Å². The van der Waals surface area contributed by atoms with Crippen LogP contribution in [0, 0.1) is 0 Å². The van der Waals surface area contributed by atoms with Gasteiger partial charge in [-0.1, -0.05) is 0 Å². The number of ether oxygens (including phenoxy) is 1. The van der Waals surface area contributed by atoms with Crippen molar-refractivity contribution in [3.8, 4) is 0 Å². The summed E-state index contributed by atoms with van der Waals surface area (Å²) in [6.45, 7) is 4.17. The number of nitrogens with one attached hydrogen (secondary N) is 1. The Labute approximate surface area is 153 Å². The van der Waals surface area contributed by atoms with Crippen molar-refractivity contribution in [1.29, 1.82) is 0 Å². The third kappa shape index (κ3) is 2.60. The number of nitrogens with zero attached hydrogens (tertiary/aromatic N) is 3. The molecule has 2 aliphatic heterocycles. The van der Waals surface area contributed by atoms with E-state index >= 15 is 0 Å². The minimum Gasteiger partial charge on any atom is -0.378 e. The quantitative estimate of drug-likeness (QED) is 0.901. The number of fused-ring (bicyclic) bond motifs is 2. The van der Waals surface area contributed by atoms with E-state index in [1.807, 2.05) is 4.90 Å². The lowest BCUT2D eigenvalue weighted by molar-refractivity contribution is 0.0983. The summed E-state index contributed by atoms with van der Waals surface area (Å²) >= 11 is 0. The summed E-state index contributed by atoms with van der Waals surface area (Å²) in [7, 11) is 0. The standard InChI is InChI=1S/C20H24N4O2/c25-20(19-16-3-1-2-4-17(16)21-22-19)24-8-7-14-13-15(5-6-18(14)24)23-9-11-26-12-10-23/h5-6,13H,1-4,7-12H2,(H,21,22). The van der Waals surface area contributed by atoms with E-state index in [0.29, 0.717) is 5.69 Å². The fraction of sp³-hybridized carbons (Fsp3) is 0.500. The minimum absolute atomic E-state index is 0.0438. The van der Waals surface area contributed by atoms with E-state index in [-0.39, 0.29) is 5.91 Å². The predicted octanol–water partition coefficient (Wildman–Crippen LogP) is 2.33. The second-order valence-electron chi connectivity index (χ2n) is 7.36. The lowest BCUT2D eigenvalue weighted by Crippen LogP contribution is -2.36. The third-order valence-corrected chi connectivity index (χ3v) is 5.84. The van der Waals surface area contributed by atoms with Crippen LogP contribution >= 0.6 is 0 Å². The van der Waals surface area contributed by atoms with Crippen LogP contribution in [-0.2, 0) is 24.0 Å². The van der Waals surface area contributed by atoms with E-state index in [1.165, 1.54) is 17.7 Å². The Morgan fingerprint density at radius 1 is 1.08 bits per heavy atom. The van der Waals surface area contributed by atoms with Crippen LogP contribution in [0.4, 0.5) is 11.4 Å². The molecule has 1 fully saturated rings. The Balaban J connectivity index is 1.41. The zero-order chi connectivity index (χ0) is 17.5. The molecule has 0 bridgehead atoms. The van der Waals surface area contributed by atoms with Crippen LogP contribution in [0.25, 0.3) is 0 Å². The zero-order valence-corrected chi connectivity index (χ0v) is 15.0. The summed E-state index contributed by atoms with van der Waals surface area (Å²) in [4.78, 5) is 17.4. The highest BCUT2D eigenvalue weighted by atomic mass is 16.5.